The van der Waals surface area contributed by atoms with Gasteiger partial charge in [-0.05, 0) is 35.9 Å². The van der Waals surface area contributed by atoms with E-state index in [4.69, 9.17) is 4.74 Å². The zero-order valence-corrected chi connectivity index (χ0v) is 11.8. The maximum Gasteiger partial charge on any atom is 0.265 e. The summed E-state index contributed by atoms with van der Waals surface area (Å²) in [6, 6.07) is 17.2. The third-order valence-corrected chi connectivity index (χ3v) is 3.84. The van der Waals surface area contributed by atoms with Crippen LogP contribution in [0.25, 0.3) is 10.9 Å². The normalized spacial score (nSPS) is 16.1. The lowest BCUT2D eigenvalue weighted by molar-refractivity contribution is -0.122. The third-order valence-electron chi connectivity index (χ3n) is 3.84. The van der Waals surface area contributed by atoms with Gasteiger partial charge in [0.15, 0.2) is 6.10 Å². The number of aromatic nitrogens is 1. The third kappa shape index (κ3) is 2.19. The number of carbonyl (C=O) groups excluding carboxylic acids is 1. The molecule has 0 spiro atoms. The summed E-state index contributed by atoms with van der Waals surface area (Å²) in [5.41, 5.74) is 2.69. The van der Waals surface area contributed by atoms with Gasteiger partial charge in [-0.2, -0.15) is 0 Å². The first-order chi connectivity index (χ1) is 10.8. The van der Waals surface area contributed by atoms with Gasteiger partial charge in [-0.25, -0.2) is 0 Å². The first-order valence-corrected chi connectivity index (χ1v) is 7.20. The molecule has 3 aromatic rings. The molecule has 108 valence electrons. The molecular formula is C18H14N2O2. The molecule has 22 heavy (non-hydrogen) atoms. The van der Waals surface area contributed by atoms with Crippen LogP contribution in [0.3, 0.4) is 0 Å². The Bertz CT molecular complexity index is 830. The monoisotopic (exact) mass is 290 g/mol. The number of nitrogens with zero attached hydrogens (tertiary/aromatic N) is 1. The van der Waals surface area contributed by atoms with Gasteiger partial charge in [0.05, 0.1) is 11.2 Å². The summed E-state index contributed by atoms with van der Waals surface area (Å²) in [5, 5.41) is 3.88. The topological polar surface area (TPSA) is 51.2 Å². The summed E-state index contributed by atoms with van der Waals surface area (Å²) in [6.07, 6.45) is 1.86. The second kappa shape index (κ2) is 5.15. The molecule has 0 bridgehead atoms. The van der Waals surface area contributed by atoms with Gasteiger partial charge in [-0.3, -0.25) is 9.78 Å². The average Bonchev–Trinajstić information content (AvgIpc) is 2.99. The molecule has 4 heteroatoms. The van der Waals surface area contributed by atoms with E-state index in [1.54, 1.807) is 6.20 Å². The first kappa shape index (κ1) is 12.8. The SMILES string of the molecule is O=C(Nc1cccc2ncccc12)[C@H]1Cc2ccccc2O1. The van der Waals surface area contributed by atoms with Crippen LogP contribution >= 0.6 is 0 Å². The van der Waals surface area contributed by atoms with Crippen molar-refractivity contribution in [1.29, 1.82) is 0 Å². The summed E-state index contributed by atoms with van der Waals surface area (Å²) >= 11 is 0. The van der Waals surface area contributed by atoms with Crippen LogP contribution in [-0.4, -0.2) is 17.0 Å². The second-order valence-electron chi connectivity index (χ2n) is 5.28. The number of pyridine rings is 1. The zero-order valence-electron chi connectivity index (χ0n) is 11.8. The molecule has 2 heterocycles. The van der Waals surface area contributed by atoms with Crippen molar-refractivity contribution < 1.29 is 9.53 Å². The van der Waals surface area contributed by atoms with E-state index in [0.29, 0.717) is 6.42 Å². The second-order valence-corrected chi connectivity index (χ2v) is 5.28. The fourth-order valence-electron chi connectivity index (χ4n) is 2.75. The Morgan fingerprint density at radius 3 is 2.91 bits per heavy atom. The quantitative estimate of drug-likeness (QED) is 0.788. The van der Waals surface area contributed by atoms with Crippen molar-refractivity contribution in [1.82, 2.24) is 4.98 Å². The minimum Gasteiger partial charge on any atom is -0.480 e. The molecule has 0 unspecified atom stereocenters. The molecule has 0 saturated carbocycles. The van der Waals surface area contributed by atoms with E-state index in [1.807, 2.05) is 54.6 Å². The summed E-state index contributed by atoms with van der Waals surface area (Å²) in [5.74, 6) is 0.662. The summed E-state index contributed by atoms with van der Waals surface area (Å²) in [7, 11) is 0. The van der Waals surface area contributed by atoms with Crippen molar-refractivity contribution in [2.45, 2.75) is 12.5 Å². The molecule has 1 aliphatic rings. The van der Waals surface area contributed by atoms with E-state index in [1.165, 1.54) is 0 Å². The van der Waals surface area contributed by atoms with E-state index >= 15 is 0 Å². The van der Waals surface area contributed by atoms with Gasteiger partial charge in [0.1, 0.15) is 5.75 Å². The van der Waals surface area contributed by atoms with Crippen LogP contribution in [0.2, 0.25) is 0 Å². The predicted octanol–water partition coefficient (Wildman–Crippen LogP) is 3.18. The van der Waals surface area contributed by atoms with Gasteiger partial charge < -0.3 is 10.1 Å². The molecule has 0 radical (unpaired) electrons. The lowest BCUT2D eigenvalue weighted by atomic mass is 10.1. The molecule has 0 saturated heterocycles. The van der Waals surface area contributed by atoms with Crippen molar-refractivity contribution in [3.8, 4) is 5.75 Å². The van der Waals surface area contributed by atoms with Crippen LogP contribution in [0.4, 0.5) is 5.69 Å². The minimum absolute atomic E-state index is 0.132. The number of nitrogens with one attached hydrogen (secondary N) is 1. The number of rotatable bonds is 2. The van der Waals surface area contributed by atoms with E-state index in [9.17, 15) is 4.79 Å². The lowest BCUT2D eigenvalue weighted by Gasteiger charge is -2.12. The fraction of sp³-hybridized carbons (Fsp3) is 0.111. The van der Waals surface area contributed by atoms with Crippen molar-refractivity contribution in [3.05, 3.63) is 66.4 Å². The Labute approximate surface area is 127 Å². The summed E-state index contributed by atoms with van der Waals surface area (Å²) in [6.45, 7) is 0. The smallest absolute Gasteiger partial charge is 0.265 e. The molecule has 2 aromatic carbocycles. The fourth-order valence-corrected chi connectivity index (χ4v) is 2.75. The van der Waals surface area contributed by atoms with Crippen molar-refractivity contribution >= 4 is 22.5 Å². The van der Waals surface area contributed by atoms with Gasteiger partial charge in [-0.1, -0.05) is 24.3 Å². The molecule has 0 aliphatic carbocycles. The van der Waals surface area contributed by atoms with Gasteiger partial charge in [0, 0.05) is 18.0 Å². The number of para-hydroxylation sites is 1. The Morgan fingerprint density at radius 2 is 2.00 bits per heavy atom. The number of fused-ring (bicyclic) bond motifs is 2. The number of amides is 1. The highest BCUT2D eigenvalue weighted by Gasteiger charge is 2.28. The van der Waals surface area contributed by atoms with Crippen LogP contribution in [0.5, 0.6) is 5.75 Å². The number of carbonyl (C=O) groups is 1. The number of ether oxygens (including phenoxy) is 1. The van der Waals surface area contributed by atoms with Crippen molar-refractivity contribution in [2.75, 3.05) is 5.32 Å². The lowest BCUT2D eigenvalue weighted by Crippen LogP contribution is -2.31. The standard InChI is InChI=1S/C18H14N2O2/c21-18(17-11-12-5-1-2-9-16(12)22-17)20-15-8-3-7-14-13(15)6-4-10-19-14/h1-10,17H,11H2,(H,20,21)/t17-/m1/s1. The number of anilines is 1. The van der Waals surface area contributed by atoms with Crippen molar-refractivity contribution in [2.24, 2.45) is 0 Å². The minimum atomic E-state index is -0.482. The van der Waals surface area contributed by atoms with Gasteiger partial charge >= 0.3 is 0 Å². The zero-order chi connectivity index (χ0) is 14.9. The number of hydrogen-bond donors (Lipinski definition) is 1. The maximum atomic E-state index is 12.5. The largest absolute Gasteiger partial charge is 0.480 e. The van der Waals surface area contributed by atoms with E-state index < -0.39 is 6.10 Å². The first-order valence-electron chi connectivity index (χ1n) is 7.20. The van der Waals surface area contributed by atoms with Crippen LogP contribution in [0.15, 0.2) is 60.8 Å². The summed E-state index contributed by atoms with van der Waals surface area (Å²) in [4.78, 5) is 16.8. The molecular weight excluding hydrogens is 276 g/mol. The molecule has 4 rings (SSSR count). The molecule has 1 N–H and O–H groups in total. The highest BCUT2D eigenvalue weighted by Crippen LogP contribution is 2.29. The Balaban J connectivity index is 1.58. The molecule has 1 amide bonds. The van der Waals surface area contributed by atoms with Crippen LogP contribution < -0.4 is 10.1 Å². The van der Waals surface area contributed by atoms with Crippen LogP contribution in [0, 0.1) is 0 Å². The number of hydrogen-bond acceptors (Lipinski definition) is 3. The van der Waals surface area contributed by atoms with Crippen molar-refractivity contribution in [3.63, 3.8) is 0 Å². The molecule has 1 atom stereocenters. The Hall–Kier alpha value is -2.88. The van der Waals surface area contributed by atoms with E-state index in [2.05, 4.69) is 10.3 Å². The highest BCUT2D eigenvalue weighted by atomic mass is 16.5. The molecule has 0 fully saturated rings. The molecule has 4 nitrogen and oxygen atoms in total. The average molecular weight is 290 g/mol. The Kier molecular flexibility index (Phi) is 3.00. The molecule has 1 aliphatic heterocycles. The Morgan fingerprint density at radius 1 is 1.09 bits per heavy atom. The highest BCUT2D eigenvalue weighted by molar-refractivity contribution is 6.02. The van der Waals surface area contributed by atoms with Crippen LogP contribution in [0.1, 0.15) is 5.56 Å². The van der Waals surface area contributed by atoms with E-state index in [-0.39, 0.29) is 5.91 Å². The van der Waals surface area contributed by atoms with Gasteiger partial charge in [0.2, 0.25) is 0 Å². The summed E-state index contributed by atoms with van der Waals surface area (Å²) < 4.78 is 5.73. The van der Waals surface area contributed by atoms with Gasteiger partial charge in [0.25, 0.3) is 5.91 Å². The number of benzene rings is 2. The van der Waals surface area contributed by atoms with Gasteiger partial charge in [-0.15, -0.1) is 0 Å². The predicted molar refractivity (Wildman–Crippen MR) is 84.9 cm³/mol. The van der Waals surface area contributed by atoms with Crippen LogP contribution in [-0.2, 0) is 11.2 Å². The van der Waals surface area contributed by atoms with E-state index in [0.717, 1.165) is 27.9 Å². The maximum absolute atomic E-state index is 12.5. The molecule has 1 aromatic heterocycles.